The molecule has 0 bridgehead atoms. The van der Waals surface area contributed by atoms with Crippen LogP contribution in [0.3, 0.4) is 0 Å². The van der Waals surface area contributed by atoms with E-state index >= 15 is 0 Å². The second-order valence-corrected chi connectivity index (χ2v) is 5.56. The van der Waals surface area contributed by atoms with Crippen molar-refractivity contribution in [2.75, 3.05) is 0 Å². The molecule has 1 rings (SSSR count). The van der Waals surface area contributed by atoms with E-state index in [0.717, 1.165) is 12.2 Å². The van der Waals surface area contributed by atoms with Crippen LogP contribution in [0.2, 0.25) is 0 Å². The predicted molar refractivity (Wildman–Crippen MR) is 81.2 cm³/mol. The van der Waals surface area contributed by atoms with Gasteiger partial charge in [-0.15, -0.1) is 0 Å². The molecule has 100 valence electrons. The number of ether oxygens (including phenoxy) is 2. The Balaban J connectivity index is 3.29. The van der Waals surface area contributed by atoms with Gasteiger partial charge in [-0.1, -0.05) is 13.2 Å². The Hall–Kier alpha value is -0.920. The summed E-state index contributed by atoms with van der Waals surface area (Å²) in [5.74, 6) is -0.908. The van der Waals surface area contributed by atoms with Crippen molar-refractivity contribution >= 4 is 59.7 Å². The number of carbonyl (C=O) groups excluding carboxylic acids is 2. The summed E-state index contributed by atoms with van der Waals surface area (Å²) >= 11 is 9.70. The summed E-state index contributed by atoms with van der Waals surface area (Å²) in [6.45, 7) is 6.61. The maximum Gasteiger partial charge on any atom is 0.335 e. The van der Waals surface area contributed by atoms with Gasteiger partial charge in [0, 0.05) is 12.2 Å². The third kappa shape index (κ3) is 4.02. The monoisotopic (exact) mass is 452 g/mol. The Morgan fingerprint density at radius 1 is 0.947 bits per heavy atom. The van der Waals surface area contributed by atoms with Crippen LogP contribution in [0.5, 0.6) is 11.5 Å². The molecule has 0 spiro atoms. The molecule has 0 aliphatic rings. The summed E-state index contributed by atoms with van der Waals surface area (Å²) < 4.78 is 11.4. The summed E-state index contributed by atoms with van der Waals surface area (Å²) in [5.41, 5.74) is 0. The molecule has 0 aromatic heterocycles. The summed E-state index contributed by atoms with van der Waals surface area (Å²) in [6.07, 6.45) is 2.05. The third-order valence-corrected chi connectivity index (χ3v) is 3.72. The smallest absolute Gasteiger partial charge is 0.335 e. The molecule has 1 aromatic carbocycles. The van der Waals surface area contributed by atoms with Gasteiger partial charge in [-0.2, -0.15) is 0 Å². The highest BCUT2D eigenvalue weighted by Crippen LogP contribution is 2.45. The maximum atomic E-state index is 11.2. The molecule has 0 amide bonds. The quantitative estimate of drug-likeness (QED) is 0.389. The molecule has 19 heavy (non-hydrogen) atoms. The maximum absolute atomic E-state index is 11.2. The first kappa shape index (κ1) is 16.1. The van der Waals surface area contributed by atoms with Crippen LogP contribution >= 0.6 is 47.8 Å². The molecule has 0 saturated carbocycles. The summed E-state index contributed by atoms with van der Waals surface area (Å²) in [6, 6.07) is 1.59. The normalized spacial score (nSPS) is 9.63. The molecule has 0 fully saturated rings. The van der Waals surface area contributed by atoms with Crippen molar-refractivity contribution in [2.45, 2.75) is 0 Å². The minimum Gasteiger partial charge on any atom is -0.421 e. The van der Waals surface area contributed by atoms with E-state index in [9.17, 15) is 9.59 Å². The fourth-order valence-corrected chi connectivity index (χ4v) is 3.47. The Morgan fingerprint density at radius 3 is 1.63 bits per heavy atom. The van der Waals surface area contributed by atoms with E-state index < -0.39 is 11.9 Å². The molecular formula is C12H7Br3O4. The van der Waals surface area contributed by atoms with Crippen LogP contribution in [0.1, 0.15) is 0 Å². The van der Waals surface area contributed by atoms with Crippen molar-refractivity contribution in [3.8, 4) is 11.5 Å². The number of halogens is 3. The Labute approximate surface area is 134 Å². The molecule has 4 nitrogen and oxygen atoms in total. The molecule has 0 unspecified atom stereocenters. The molecular weight excluding hydrogens is 448 g/mol. The van der Waals surface area contributed by atoms with Crippen LogP contribution in [0.4, 0.5) is 0 Å². The van der Waals surface area contributed by atoms with E-state index in [1.165, 1.54) is 0 Å². The molecule has 0 atom stereocenters. The number of hydrogen-bond donors (Lipinski definition) is 0. The van der Waals surface area contributed by atoms with Gasteiger partial charge in [0.25, 0.3) is 0 Å². The summed E-state index contributed by atoms with van der Waals surface area (Å²) in [5, 5.41) is 0. The lowest BCUT2D eigenvalue weighted by molar-refractivity contribution is -0.129. The number of rotatable bonds is 4. The standard InChI is InChI=1S/C12H7Br3O4/c1-3-8(16)18-11-6(13)5-7(14)12(10(11)15)19-9(17)4-2/h3-5H,1-2H2. The van der Waals surface area contributed by atoms with Crippen molar-refractivity contribution in [2.24, 2.45) is 0 Å². The van der Waals surface area contributed by atoms with Crippen LogP contribution in [-0.2, 0) is 9.59 Å². The lowest BCUT2D eigenvalue weighted by Gasteiger charge is -2.12. The van der Waals surface area contributed by atoms with Crippen LogP contribution in [0, 0.1) is 0 Å². The van der Waals surface area contributed by atoms with Gasteiger partial charge < -0.3 is 9.47 Å². The van der Waals surface area contributed by atoms with Crippen molar-refractivity contribution in [3.63, 3.8) is 0 Å². The molecule has 0 N–H and O–H groups in total. The van der Waals surface area contributed by atoms with Crippen LogP contribution < -0.4 is 9.47 Å². The number of hydrogen-bond acceptors (Lipinski definition) is 4. The summed E-state index contributed by atoms with van der Waals surface area (Å²) in [4.78, 5) is 22.5. The lowest BCUT2D eigenvalue weighted by Crippen LogP contribution is -2.08. The van der Waals surface area contributed by atoms with Gasteiger partial charge >= 0.3 is 11.9 Å². The van der Waals surface area contributed by atoms with Gasteiger partial charge in [0.15, 0.2) is 11.5 Å². The first-order valence-electron chi connectivity index (χ1n) is 4.76. The Bertz CT molecular complexity index is 520. The van der Waals surface area contributed by atoms with Crippen LogP contribution in [0.25, 0.3) is 0 Å². The minimum atomic E-state index is -0.635. The van der Waals surface area contributed by atoms with Crippen LogP contribution in [-0.4, -0.2) is 11.9 Å². The fraction of sp³-hybridized carbons (Fsp3) is 0. The Kier molecular flexibility index (Phi) is 5.96. The van der Waals surface area contributed by atoms with E-state index in [0.29, 0.717) is 13.4 Å². The largest absolute Gasteiger partial charge is 0.421 e. The van der Waals surface area contributed by atoms with Crippen molar-refractivity contribution in [1.82, 2.24) is 0 Å². The minimum absolute atomic E-state index is 0.181. The van der Waals surface area contributed by atoms with Gasteiger partial charge in [0.05, 0.1) is 8.95 Å². The van der Waals surface area contributed by atoms with E-state index in [-0.39, 0.29) is 11.5 Å². The van der Waals surface area contributed by atoms with Crippen molar-refractivity contribution in [3.05, 3.63) is 44.8 Å². The molecule has 0 heterocycles. The van der Waals surface area contributed by atoms with E-state index in [1.54, 1.807) is 6.07 Å². The van der Waals surface area contributed by atoms with Crippen molar-refractivity contribution < 1.29 is 19.1 Å². The number of esters is 2. The molecule has 0 aliphatic carbocycles. The number of benzene rings is 1. The second-order valence-electron chi connectivity index (χ2n) is 3.06. The van der Waals surface area contributed by atoms with Gasteiger partial charge in [-0.3, -0.25) is 0 Å². The van der Waals surface area contributed by atoms with Crippen LogP contribution in [0.15, 0.2) is 44.8 Å². The molecule has 0 saturated heterocycles. The summed E-state index contributed by atoms with van der Waals surface area (Å²) in [7, 11) is 0. The number of carbonyl (C=O) groups is 2. The van der Waals surface area contributed by atoms with Crippen molar-refractivity contribution in [1.29, 1.82) is 0 Å². The van der Waals surface area contributed by atoms with Gasteiger partial charge in [-0.05, 0) is 53.9 Å². The highest BCUT2D eigenvalue weighted by molar-refractivity contribution is 9.11. The van der Waals surface area contributed by atoms with E-state index in [2.05, 4.69) is 60.9 Å². The molecule has 7 heteroatoms. The zero-order valence-electron chi connectivity index (χ0n) is 9.41. The Morgan fingerprint density at radius 2 is 1.32 bits per heavy atom. The average molecular weight is 455 g/mol. The predicted octanol–water partition coefficient (Wildman–Crippen LogP) is 4.16. The van der Waals surface area contributed by atoms with E-state index in [1.807, 2.05) is 0 Å². The first-order chi connectivity index (χ1) is 8.90. The topological polar surface area (TPSA) is 52.6 Å². The molecule has 0 radical (unpaired) electrons. The SMILES string of the molecule is C=CC(=O)Oc1c(Br)cc(Br)c(OC(=O)C=C)c1Br. The lowest BCUT2D eigenvalue weighted by atomic mass is 10.3. The first-order valence-corrected chi connectivity index (χ1v) is 7.14. The van der Waals surface area contributed by atoms with Gasteiger partial charge in [-0.25, -0.2) is 9.59 Å². The fourth-order valence-electron chi connectivity index (χ4n) is 1.03. The highest BCUT2D eigenvalue weighted by atomic mass is 79.9. The van der Waals surface area contributed by atoms with Gasteiger partial charge in [0.1, 0.15) is 4.47 Å². The zero-order chi connectivity index (χ0) is 14.6. The highest BCUT2D eigenvalue weighted by Gasteiger charge is 2.20. The zero-order valence-corrected chi connectivity index (χ0v) is 14.2. The molecule has 0 aliphatic heterocycles. The van der Waals surface area contributed by atoms with E-state index in [4.69, 9.17) is 9.47 Å². The third-order valence-electron chi connectivity index (χ3n) is 1.82. The van der Waals surface area contributed by atoms with Gasteiger partial charge in [0.2, 0.25) is 0 Å². The second kappa shape index (κ2) is 7.02. The average Bonchev–Trinajstić information content (AvgIpc) is 2.38. The molecule has 1 aromatic rings.